The van der Waals surface area contributed by atoms with Crippen molar-refractivity contribution in [3.63, 3.8) is 0 Å². The molecule has 0 aliphatic heterocycles. The molecule has 0 fully saturated rings. The Morgan fingerprint density at radius 3 is 2.67 bits per heavy atom. The Labute approximate surface area is 132 Å². The summed E-state index contributed by atoms with van der Waals surface area (Å²) in [6.45, 7) is 0.668. The molecule has 1 aromatic heterocycles. The van der Waals surface area contributed by atoms with Crippen molar-refractivity contribution in [3.8, 4) is 0 Å². The van der Waals surface area contributed by atoms with Gasteiger partial charge in [0.15, 0.2) is 0 Å². The first-order valence-corrected chi connectivity index (χ1v) is 8.82. The molecule has 1 aromatic carbocycles. The van der Waals surface area contributed by atoms with Crippen LogP contribution in [0.3, 0.4) is 0 Å². The molecule has 8 heteroatoms. The minimum atomic E-state index is -3.58. The molecule has 0 saturated heterocycles. The van der Waals surface area contributed by atoms with Gasteiger partial charge < -0.3 is 5.32 Å². The van der Waals surface area contributed by atoms with Crippen molar-refractivity contribution in [1.29, 1.82) is 0 Å². The molecular formula is C13H14ClFN2O2S2. The number of benzene rings is 1. The van der Waals surface area contributed by atoms with Gasteiger partial charge in [0.05, 0.1) is 5.02 Å². The fraction of sp³-hybridized carbons (Fsp3) is 0.231. The minimum Gasteiger partial charge on any atom is -0.316 e. The fourth-order valence-electron chi connectivity index (χ4n) is 1.69. The SMILES string of the molecule is CNCc1csc(S(=O)(=O)NCc2ccc(F)c(Cl)c2)c1. The maximum atomic E-state index is 13.0. The van der Waals surface area contributed by atoms with E-state index >= 15 is 0 Å². The molecule has 4 nitrogen and oxygen atoms in total. The number of hydrogen-bond acceptors (Lipinski definition) is 4. The summed E-state index contributed by atoms with van der Waals surface area (Å²) in [6.07, 6.45) is 0. The van der Waals surface area contributed by atoms with Gasteiger partial charge >= 0.3 is 0 Å². The van der Waals surface area contributed by atoms with Gasteiger partial charge in [0.25, 0.3) is 0 Å². The van der Waals surface area contributed by atoms with E-state index in [0.29, 0.717) is 12.1 Å². The maximum Gasteiger partial charge on any atom is 0.250 e. The van der Waals surface area contributed by atoms with Crippen molar-refractivity contribution in [2.45, 2.75) is 17.3 Å². The van der Waals surface area contributed by atoms with Crippen molar-refractivity contribution in [2.75, 3.05) is 7.05 Å². The summed E-state index contributed by atoms with van der Waals surface area (Å²) in [5, 5.41) is 4.72. The zero-order valence-corrected chi connectivity index (χ0v) is 13.6. The van der Waals surface area contributed by atoms with Crippen molar-refractivity contribution < 1.29 is 12.8 Å². The number of thiophene rings is 1. The van der Waals surface area contributed by atoms with E-state index in [0.717, 1.165) is 16.9 Å². The molecule has 0 saturated carbocycles. The maximum absolute atomic E-state index is 13.0. The normalized spacial score (nSPS) is 11.8. The van der Waals surface area contributed by atoms with Gasteiger partial charge in [0.1, 0.15) is 10.0 Å². The highest BCUT2D eigenvalue weighted by molar-refractivity contribution is 7.91. The summed E-state index contributed by atoms with van der Waals surface area (Å²) in [5.74, 6) is -0.529. The monoisotopic (exact) mass is 348 g/mol. The topological polar surface area (TPSA) is 58.2 Å². The number of halogens is 2. The molecule has 2 aromatic rings. The Kier molecular flexibility index (Phi) is 5.34. The summed E-state index contributed by atoms with van der Waals surface area (Å²) >= 11 is 6.82. The summed E-state index contributed by atoms with van der Waals surface area (Å²) in [7, 11) is -1.78. The zero-order chi connectivity index (χ0) is 15.5. The van der Waals surface area contributed by atoms with Crippen LogP contribution in [-0.4, -0.2) is 15.5 Å². The molecule has 1 heterocycles. The smallest absolute Gasteiger partial charge is 0.250 e. The second kappa shape index (κ2) is 6.85. The third-order valence-electron chi connectivity index (χ3n) is 2.73. The van der Waals surface area contributed by atoms with E-state index < -0.39 is 15.8 Å². The van der Waals surface area contributed by atoms with Gasteiger partial charge in [0.2, 0.25) is 10.0 Å². The molecule has 0 aliphatic carbocycles. The highest BCUT2D eigenvalue weighted by Gasteiger charge is 2.16. The van der Waals surface area contributed by atoms with Gasteiger partial charge in [-0.25, -0.2) is 17.5 Å². The molecule has 114 valence electrons. The Morgan fingerprint density at radius 2 is 2.00 bits per heavy atom. The van der Waals surface area contributed by atoms with Crippen LogP contribution in [0.15, 0.2) is 33.9 Å². The molecule has 0 amide bonds. The standard InChI is InChI=1S/C13H14ClFN2O2S2/c1-16-6-10-5-13(20-8-10)21(18,19)17-7-9-2-3-12(15)11(14)4-9/h2-5,8,16-17H,6-7H2,1H3. The van der Waals surface area contributed by atoms with Gasteiger partial charge in [-0.15, -0.1) is 11.3 Å². The molecule has 2 rings (SSSR count). The Balaban J connectivity index is 2.08. The number of sulfonamides is 1. The van der Waals surface area contributed by atoms with Crippen molar-refractivity contribution in [3.05, 3.63) is 51.6 Å². The minimum absolute atomic E-state index is 0.0286. The molecule has 21 heavy (non-hydrogen) atoms. The van der Waals surface area contributed by atoms with Crippen LogP contribution in [0.1, 0.15) is 11.1 Å². The average Bonchev–Trinajstić information content (AvgIpc) is 2.90. The van der Waals surface area contributed by atoms with Crippen LogP contribution in [0.2, 0.25) is 5.02 Å². The van der Waals surface area contributed by atoms with E-state index in [2.05, 4.69) is 10.0 Å². The quantitative estimate of drug-likeness (QED) is 0.844. The summed E-state index contributed by atoms with van der Waals surface area (Å²) in [6, 6.07) is 5.73. The van der Waals surface area contributed by atoms with E-state index in [4.69, 9.17) is 11.6 Å². The lowest BCUT2D eigenvalue weighted by Gasteiger charge is -2.05. The van der Waals surface area contributed by atoms with E-state index in [1.165, 1.54) is 18.2 Å². The lowest BCUT2D eigenvalue weighted by atomic mass is 10.2. The van der Waals surface area contributed by atoms with Crippen LogP contribution in [-0.2, 0) is 23.1 Å². The van der Waals surface area contributed by atoms with Crippen molar-refractivity contribution in [1.82, 2.24) is 10.0 Å². The predicted molar refractivity (Wildman–Crippen MR) is 82.5 cm³/mol. The molecule has 0 bridgehead atoms. The molecule has 0 spiro atoms. The van der Waals surface area contributed by atoms with Gasteiger partial charge in [0, 0.05) is 13.1 Å². The highest BCUT2D eigenvalue weighted by Crippen LogP contribution is 2.21. The average molecular weight is 349 g/mol. The molecular weight excluding hydrogens is 335 g/mol. The molecule has 0 aliphatic rings. The lowest BCUT2D eigenvalue weighted by Crippen LogP contribution is -2.22. The van der Waals surface area contributed by atoms with Crippen LogP contribution < -0.4 is 10.0 Å². The van der Waals surface area contributed by atoms with Gasteiger partial charge in [-0.2, -0.15) is 0 Å². The number of nitrogens with one attached hydrogen (secondary N) is 2. The predicted octanol–water partition coefficient (Wildman–Crippen LogP) is 2.74. The lowest BCUT2D eigenvalue weighted by molar-refractivity contribution is 0.583. The van der Waals surface area contributed by atoms with E-state index in [1.807, 2.05) is 0 Å². The first kappa shape index (κ1) is 16.4. The Hall–Kier alpha value is -0.990. The number of rotatable bonds is 6. The third kappa shape index (κ3) is 4.24. The van der Waals surface area contributed by atoms with Crippen molar-refractivity contribution >= 4 is 33.0 Å². The largest absolute Gasteiger partial charge is 0.316 e. The first-order chi connectivity index (χ1) is 9.92. The molecule has 0 unspecified atom stereocenters. The van der Waals surface area contributed by atoms with Crippen LogP contribution >= 0.6 is 22.9 Å². The third-order valence-corrected chi connectivity index (χ3v) is 5.91. The van der Waals surface area contributed by atoms with Crippen LogP contribution in [0, 0.1) is 5.82 Å². The van der Waals surface area contributed by atoms with Gasteiger partial charge in [-0.3, -0.25) is 0 Å². The van der Waals surface area contributed by atoms with E-state index in [9.17, 15) is 12.8 Å². The zero-order valence-electron chi connectivity index (χ0n) is 11.2. The summed E-state index contributed by atoms with van der Waals surface area (Å²) in [5.41, 5.74) is 1.50. The van der Waals surface area contributed by atoms with E-state index in [-0.39, 0.29) is 15.8 Å². The summed E-state index contributed by atoms with van der Waals surface area (Å²) in [4.78, 5) is 0. The fourth-order valence-corrected chi connectivity index (χ4v) is 4.16. The Morgan fingerprint density at radius 1 is 1.24 bits per heavy atom. The first-order valence-electron chi connectivity index (χ1n) is 6.08. The van der Waals surface area contributed by atoms with Crippen LogP contribution in [0.5, 0.6) is 0 Å². The van der Waals surface area contributed by atoms with Gasteiger partial charge in [-0.05, 0) is 41.8 Å². The second-order valence-electron chi connectivity index (χ2n) is 4.38. The second-order valence-corrected chi connectivity index (χ2v) is 7.69. The highest BCUT2D eigenvalue weighted by atomic mass is 35.5. The molecule has 2 N–H and O–H groups in total. The van der Waals surface area contributed by atoms with Crippen LogP contribution in [0.4, 0.5) is 4.39 Å². The Bertz CT molecular complexity index is 732. The van der Waals surface area contributed by atoms with Crippen LogP contribution in [0.25, 0.3) is 0 Å². The molecule has 0 atom stereocenters. The molecule has 0 radical (unpaired) electrons. The van der Waals surface area contributed by atoms with Gasteiger partial charge in [-0.1, -0.05) is 17.7 Å². The van der Waals surface area contributed by atoms with Crippen molar-refractivity contribution in [2.24, 2.45) is 0 Å². The summed E-state index contributed by atoms with van der Waals surface area (Å²) < 4.78 is 40.1. The van der Waals surface area contributed by atoms with E-state index in [1.54, 1.807) is 18.5 Å². The number of hydrogen-bond donors (Lipinski definition) is 2.